The first kappa shape index (κ1) is 15.8. The minimum Gasteiger partial charge on any atom is -0.355 e. The summed E-state index contributed by atoms with van der Waals surface area (Å²) < 4.78 is 0. The number of carbonyl (C=O) groups excluding carboxylic acids is 1. The van der Waals surface area contributed by atoms with Crippen LogP contribution in [0.15, 0.2) is 36.5 Å². The molecule has 0 aliphatic heterocycles. The second-order valence-electron chi connectivity index (χ2n) is 5.97. The molecule has 0 bridgehead atoms. The number of anilines is 2. The van der Waals surface area contributed by atoms with Gasteiger partial charge in [-0.05, 0) is 49.6 Å². The van der Waals surface area contributed by atoms with Crippen LogP contribution < -0.4 is 10.6 Å². The van der Waals surface area contributed by atoms with Crippen LogP contribution in [0, 0.1) is 6.92 Å². The normalized spacial score (nSPS) is 14.7. The van der Waals surface area contributed by atoms with E-state index in [-0.39, 0.29) is 11.9 Å². The quantitative estimate of drug-likeness (QED) is 0.870. The van der Waals surface area contributed by atoms with Crippen molar-refractivity contribution in [3.8, 4) is 0 Å². The van der Waals surface area contributed by atoms with E-state index < -0.39 is 0 Å². The van der Waals surface area contributed by atoms with Gasteiger partial charge in [-0.15, -0.1) is 0 Å². The molecule has 1 amide bonds. The Kier molecular flexibility index (Phi) is 4.82. The van der Waals surface area contributed by atoms with Crippen molar-refractivity contribution < 1.29 is 4.79 Å². The molecule has 1 heterocycles. The molecule has 3 rings (SSSR count). The number of halogens is 1. The Morgan fingerprint density at radius 1 is 1.22 bits per heavy atom. The number of benzene rings is 1. The van der Waals surface area contributed by atoms with Crippen molar-refractivity contribution >= 4 is 28.9 Å². The Morgan fingerprint density at radius 2 is 2.00 bits per heavy atom. The van der Waals surface area contributed by atoms with Crippen LogP contribution in [-0.4, -0.2) is 16.9 Å². The number of pyridine rings is 1. The Balaban J connectivity index is 1.74. The molecule has 1 aliphatic rings. The van der Waals surface area contributed by atoms with Crippen molar-refractivity contribution in [2.24, 2.45) is 0 Å². The van der Waals surface area contributed by atoms with Gasteiger partial charge in [0.25, 0.3) is 5.91 Å². The first-order valence-electron chi connectivity index (χ1n) is 7.92. The van der Waals surface area contributed by atoms with Gasteiger partial charge in [-0.25, -0.2) is 0 Å². The fourth-order valence-electron chi connectivity index (χ4n) is 2.85. The highest BCUT2D eigenvalue weighted by Crippen LogP contribution is 2.24. The lowest BCUT2D eigenvalue weighted by Crippen LogP contribution is -2.33. The van der Waals surface area contributed by atoms with Crippen molar-refractivity contribution in [1.82, 2.24) is 10.3 Å². The van der Waals surface area contributed by atoms with Crippen molar-refractivity contribution in [2.45, 2.75) is 38.6 Å². The van der Waals surface area contributed by atoms with E-state index in [1.807, 2.05) is 31.2 Å². The van der Waals surface area contributed by atoms with E-state index in [1.54, 1.807) is 12.3 Å². The Hall–Kier alpha value is -2.07. The van der Waals surface area contributed by atoms with Crippen LogP contribution in [0.2, 0.25) is 5.02 Å². The van der Waals surface area contributed by atoms with Gasteiger partial charge in [0.05, 0.1) is 0 Å². The van der Waals surface area contributed by atoms with Gasteiger partial charge in [-0.1, -0.05) is 30.5 Å². The number of hydrogen-bond acceptors (Lipinski definition) is 3. The molecule has 0 unspecified atom stereocenters. The number of amides is 1. The minimum absolute atomic E-state index is 0.108. The maximum atomic E-state index is 12.3. The molecule has 1 aromatic heterocycles. The highest BCUT2D eigenvalue weighted by atomic mass is 35.5. The van der Waals surface area contributed by atoms with E-state index >= 15 is 0 Å². The second-order valence-corrected chi connectivity index (χ2v) is 6.41. The summed E-state index contributed by atoms with van der Waals surface area (Å²) in [5, 5.41) is 7.03. The third kappa shape index (κ3) is 4.02. The van der Waals surface area contributed by atoms with Crippen LogP contribution in [-0.2, 0) is 0 Å². The smallest absolute Gasteiger partial charge is 0.270 e. The molecule has 0 saturated heterocycles. The van der Waals surface area contributed by atoms with E-state index in [0.717, 1.165) is 29.8 Å². The summed E-state index contributed by atoms with van der Waals surface area (Å²) >= 11 is 6.04. The van der Waals surface area contributed by atoms with Crippen LogP contribution >= 0.6 is 11.6 Å². The maximum absolute atomic E-state index is 12.3. The second kappa shape index (κ2) is 7.01. The highest BCUT2D eigenvalue weighted by Gasteiger charge is 2.18. The maximum Gasteiger partial charge on any atom is 0.270 e. The zero-order valence-electron chi connectivity index (χ0n) is 13.1. The van der Waals surface area contributed by atoms with Crippen molar-refractivity contribution in [3.63, 3.8) is 0 Å². The minimum atomic E-state index is -0.108. The molecule has 1 aromatic carbocycles. The van der Waals surface area contributed by atoms with Crippen molar-refractivity contribution in [3.05, 3.63) is 52.8 Å². The fourth-order valence-corrected chi connectivity index (χ4v) is 3.02. The van der Waals surface area contributed by atoms with Gasteiger partial charge < -0.3 is 10.6 Å². The van der Waals surface area contributed by atoms with Crippen LogP contribution in [0.3, 0.4) is 0 Å². The first-order chi connectivity index (χ1) is 11.1. The van der Waals surface area contributed by atoms with Crippen LogP contribution in [0.1, 0.15) is 41.7 Å². The molecular formula is C18H20ClN3O. The summed E-state index contributed by atoms with van der Waals surface area (Å²) in [5.41, 5.74) is 3.26. The van der Waals surface area contributed by atoms with Crippen LogP contribution in [0.4, 0.5) is 11.4 Å². The number of aryl methyl sites for hydroxylation is 1. The summed E-state index contributed by atoms with van der Waals surface area (Å²) in [6, 6.07) is 9.58. The third-order valence-corrected chi connectivity index (χ3v) is 4.40. The number of rotatable bonds is 4. The lowest BCUT2D eigenvalue weighted by Gasteiger charge is -2.13. The van der Waals surface area contributed by atoms with Crippen LogP contribution in [0.25, 0.3) is 0 Å². The summed E-state index contributed by atoms with van der Waals surface area (Å²) in [4.78, 5) is 16.5. The molecule has 4 nitrogen and oxygen atoms in total. The summed E-state index contributed by atoms with van der Waals surface area (Å²) in [5.74, 6) is -0.108. The van der Waals surface area contributed by atoms with Gasteiger partial charge in [0.1, 0.15) is 5.69 Å². The van der Waals surface area contributed by atoms with E-state index in [4.69, 9.17) is 11.6 Å². The molecule has 0 atom stereocenters. The monoisotopic (exact) mass is 329 g/mol. The summed E-state index contributed by atoms with van der Waals surface area (Å²) in [6.07, 6.45) is 6.14. The average Bonchev–Trinajstić information content (AvgIpc) is 3.04. The molecular weight excluding hydrogens is 310 g/mol. The van der Waals surface area contributed by atoms with E-state index in [2.05, 4.69) is 15.6 Å². The van der Waals surface area contributed by atoms with Gasteiger partial charge in [0.2, 0.25) is 0 Å². The van der Waals surface area contributed by atoms with Gasteiger partial charge in [0, 0.05) is 28.6 Å². The molecule has 120 valence electrons. The molecule has 0 radical (unpaired) electrons. The molecule has 5 heteroatoms. The summed E-state index contributed by atoms with van der Waals surface area (Å²) in [6.45, 7) is 2.01. The Morgan fingerprint density at radius 3 is 2.78 bits per heavy atom. The zero-order valence-corrected chi connectivity index (χ0v) is 13.9. The van der Waals surface area contributed by atoms with Crippen molar-refractivity contribution in [2.75, 3.05) is 5.32 Å². The third-order valence-electron chi connectivity index (χ3n) is 4.16. The van der Waals surface area contributed by atoms with E-state index in [1.165, 1.54) is 12.8 Å². The largest absolute Gasteiger partial charge is 0.355 e. The van der Waals surface area contributed by atoms with Gasteiger partial charge >= 0.3 is 0 Å². The Bertz CT molecular complexity index is 711. The lowest BCUT2D eigenvalue weighted by molar-refractivity contribution is 0.0933. The fraction of sp³-hybridized carbons (Fsp3) is 0.333. The lowest BCUT2D eigenvalue weighted by atomic mass is 10.2. The summed E-state index contributed by atoms with van der Waals surface area (Å²) in [7, 11) is 0. The van der Waals surface area contributed by atoms with Crippen LogP contribution in [0.5, 0.6) is 0 Å². The number of nitrogens with zero attached hydrogens (tertiary/aromatic N) is 1. The number of aromatic nitrogens is 1. The van der Waals surface area contributed by atoms with E-state index in [9.17, 15) is 4.79 Å². The molecule has 2 aromatic rings. The average molecular weight is 330 g/mol. The highest BCUT2D eigenvalue weighted by molar-refractivity contribution is 6.30. The van der Waals surface area contributed by atoms with Gasteiger partial charge in [0.15, 0.2) is 0 Å². The van der Waals surface area contributed by atoms with Crippen molar-refractivity contribution in [1.29, 1.82) is 0 Å². The molecule has 23 heavy (non-hydrogen) atoms. The number of carbonyl (C=O) groups is 1. The molecule has 1 saturated carbocycles. The van der Waals surface area contributed by atoms with E-state index in [0.29, 0.717) is 10.7 Å². The molecule has 1 aliphatic carbocycles. The zero-order chi connectivity index (χ0) is 16.2. The standard InChI is InChI=1S/C18H20ClN3O/c1-12-6-7-13(19)10-16(12)21-15-8-9-20-17(11-15)18(23)22-14-4-2-3-5-14/h6-11,14H,2-5H2,1H3,(H,20,21)(H,22,23). The number of nitrogens with one attached hydrogen (secondary N) is 2. The number of hydrogen-bond donors (Lipinski definition) is 2. The first-order valence-corrected chi connectivity index (χ1v) is 8.30. The molecule has 2 N–H and O–H groups in total. The SMILES string of the molecule is Cc1ccc(Cl)cc1Nc1ccnc(C(=O)NC2CCCC2)c1. The topological polar surface area (TPSA) is 54.0 Å². The predicted molar refractivity (Wildman–Crippen MR) is 93.4 cm³/mol. The van der Waals surface area contributed by atoms with Gasteiger partial charge in [-0.2, -0.15) is 0 Å². The molecule has 0 spiro atoms. The predicted octanol–water partition coefficient (Wildman–Crippen LogP) is 4.46. The Labute approximate surface area is 141 Å². The molecule has 1 fully saturated rings. The van der Waals surface area contributed by atoms with Gasteiger partial charge in [-0.3, -0.25) is 9.78 Å².